The quantitative estimate of drug-likeness (QED) is 0.135. The second-order valence-electron chi connectivity index (χ2n) is 15.3. The van der Waals surface area contributed by atoms with Crippen molar-refractivity contribution in [2.45, 2.75) is 104 Å². The molecule has 2 N–H and O–H groups in total. The summed E-state index contributed by atoms with van der Waals surface area (Å²) >= 11 is 0. The second kappa shape index (κ2) is 12.2. The van der Waals surface area contributed by atoms with Crippen LogP contribution in [0.15, 0.2) is 11.2 Å². The Balaban J connectivity index is 1.21. The summed E-state index contributed by atoms with van der Waals surface area (Å²) in [5.41, 5.74) is 1.02. The van der Waals surface area contributed by atoms with Crippen molar-refractivity contribution in [2.75, 3.05) is 33.7 Å². The summed E-state index contributed by atoms with van der Waals surface area (Å²) < 4.78 is 32.8. The van der Waals surface area contributed by atoms with Crippen LogP contribution in [0.4, 0.5) is 0 Å². The van der Waals surface area contributed by atoms with Crippen molar-refractivity contribution < 1.29 is 27.4 Å². The van der Waals surface area contributed by atoms with E-state index in [1.165, 1.54) is 64.2 Å². The number of aliphatic hydroxyl groups excluding tert-OH is 1. The zero-order valence-corrected chi connectivity index (χ0v) is 26.6. The first kappa shape index (κ1) is 31.8. The molecule has 230 valence electrons. The highest BCUT2D eigenvalue weighted by atomic mass is 32.2. The summed E-state index contributed by atoms with van der Waals surface area (Å²) in [5.74, 6) is 4.64. The maximum absolute atomic E-state index is 12.7. The van der Waals surface area contributed by atoms with Crippen molar-refractivity contribution in [2.24, 2.45) is 46.3 Å². The van der Waals surface area contributed by atoms with Crippen LogP contribution in [0.2, 0.25) is 0 Å². The smallest absolute Gasteiger partial charge is 0.220 e. The normalized spacial score (nSPS) is 37.2. The first-order chi connectivity index (χ1) is 18.6. The Hall–Kier alpha value is -1.12. The highest BCUT2D eigenvalue weighted by Gasteiger charge is 2.60. The number of carbonyl (C=O) groups excluding carboxylic acids is 1. The van der Waals surface area contributed by atoms with Crippen LogP contribution >= 0.6 is 0 Å². The molecule has 1 amide bonds. The Bertz CT molecular complexity index is 1040. The molecule has 4 saturated carbocycles. The number of hydrogen-bond donors (Lipinski definition) is 2. The molecule has 0 radical (unpaired) electrons. The van der Waals surface area contributed by atoms with Crippen LogP contribution in [0, 0.1) is 46.3 Å². The Kier molecular flexibility index (Phi) is 9.73. The molecule has 0 aromatic heterocycles. The molecule has 40 heavy (non-hydrogen) atoms. The van der Waals surface area contributed by atoms with Gasteiger partial charge in [-0.15, -0.1) is 0 Å². The van der Waals surface area contributed by atoms with Crippen LogP contribution in [0.5, 0.6) is 0 Å². The van der Waals surface area contributed by atoms with Gasteiger partial charge in [0.15, 0.2) is 5.76 Å². The Morgan fingerprint density at radius 2 is 1.77 bits per heavy atom. The van der Waals surface area contributed by atoms with Gasteiger partial charge < -0.3 is 19.5 Å². The second-order valence-corrected chi connectivity index (χ2v) is 16.5. The van der Waals surface area contributed by atoms with Gasteiger partial charge in [-0.2, -0.15) is 0 Å². The predicted molar refractivity (Wildman–Crippen MR) is 158 cm³/mol. The summed E-state index contributed by atoms with van der Waals surface area (Å²) in [4.78, 5) is 12.7. The molecule has 0 spiro atoms. The van der Waals surface area contributed by atoms with Crippen LogP contribution in [0.1, 0.15) is 104 Å². The molecule has 4 rings (SSSR count). The van der Waals surface area contributed by atoms with E-state index in [0.717, 1.165) is 36.0 Å². The van der Waals surface area contributed by atoms with Gasteiger partial charge in [0.05, 0.1) is 26.0 Å². The lowest BCUT2D eigenvalue weighted by molar-refractivity contribution is -0.886. The summed E-state index contributed by atoms with van der Waals surface area (Å²) in [6, 6.07) is 0. The van der Waals surface area contributed by atoms with E-state index in [4.69, 9.17) is 0 Å². The number of likely N-dealkylation sites (N-methyl/N-ethyl adjacent to an activating group) is 1. The molecule has 7 nitrogen and oxygen atoms in total. The third-order valence-electron chi connectivity index (χ3n) is 12.3. The summed E-state index contributed by atoms with van der Waals surface area (Å²) in [5, 5.41) is 13.2. The molecule has 4 unspecified atom stereocenters. The van der Waals surface area contributed by atoms with Gasteiger partial charge in [0.2, 0.25) is 5.91 Å². The molecule has 4 fully saturated rings. The van der Waals surface area contributed by atoms with Crippen molar-refractivity contribution in [3.8, 4) is 0 Å². The molecular formula is C32H56N2O5S. The van der Waals surface area contributed by atoms with Gasteiger partial charge in [0.1, 0.15) is 16.7 Å². The van der Waals surface area contributed by atoms with Crippen LogP contribution in [-0.2, 0) is 14.9 Å². The minimum Gasteiger partial charge on any atom is -0.744 e. The maximum Gasteiger partial charge on any atom is 0.220 e. The fourth-order valence-electron chi connectivity index (χ4n) is 10.4. The van der Waals surface area contributed by atoms with Gasteiger partial charge in [-0.3, -0.25) is 4.79 Å². The van der Waals surface area contributed by atoms with Crippen molar-refractivity contribution >= 4 is 16.0 Å². The van der Waals surface area contributed by atoms with Crippen molar-refractivity contribution in [1.82, 2.24) is 5.32 Å². The van der Waals surface area contributed by atoms with E-state index in [1.54, 1.807) is 0 Å². The number of fused-ring (bicyclic) bond motifs is 5. The summed E-state index contributed by atoms with van der Waals surface area (Å²) in [7, 11) is -0.891. The molecule has 4 aliphatic rings. The molecule has 8 atom stereocenters. The average molecular weight is 581 g/mol. The number of aliphatic hydroxyl groups is 1. The maximum atomic E-state index is 12.7. The lowest BCUT2D eigenvalue weighted by Crippen LogP contribution is -2.53. The zero-order chi connectivity index (χ0) is 29.3. The number of amides is 1. The molecule has 4 aliphatic carbocycles. The number of nitrogens with zero attached hydrogens (tertiary/aromatic N) is 1. The minimum atomic E-state index is -4.60. The largest absolute Gasteiger partial charge is 0.744 e. The van der Waals surface area contributed by atoms with Crippen LogP contribution in [0.3, 0.4) is 0 Å². The first-order valence-electron chi connectivity index (χ1n) is 16.1. The summed E-state index contributed by atoms with van der Waals surface area (Å²) in [6.07, 6.45) is 16.4. The molecule has 0 aromatic carbocycles. The number of rotatable bonds is 11. The zero-order valence-electron chi connectivity index (χ0n) is 25.8. The van der Waals surface area contributed by atoms with Gasteiger partial charge in [0, 0.05) is 19.4 Å². The van der Waals surface area contributed by atoms with E-state index in [1.807, 2.05) is 14.1 Å². The van der Waals surface area contributed by atoms with Crippen molar-refractivity contribution in [3.05, 3.63) is 11.2 Å². The minimum absolute atomic E-state index is 0.0511. The summed E-state index contributed by atoms with van der Waals surface area (Å²) in [6.45, 7) is 8.89. The van der Waals surface area contributed by atoms with Crippen LogP contribution in [-0.4, -0.2) is 62.2 Å². The molecular weight excluding hydrogens is 524 g/mol. The molecule has 8 heteroatoms. The first-order valence-corrected chi connectivity index (χ1v) is 17.6. The number of nitrogens with one attached hydrogen (secondary N) is 1. The predicted octanol–water partition coefficient (Wildman–Crippen LogP) is 5.98. The van der Waals surface area contributed by atoms with E-state index in [0.29, 0.717) is 52.6 Å². The molecule has 0 aliphatic heterocycles. The number of carbonyl (C=O) groups is 1. The van der Waals surface area contributed by atoms with Gasteiger partial charge in [0.25, 0.3) is 0 Å². The van der Waals surface area contributed by atoms with E-state index < -0.39 is 15.9 Å². The third-order valence-corrected chi connectivity index (χ3v) is 12.9. The monoisotopic (exact) mass is 580 g/mol. The van der Waals surface area contributed by atoms with Crippen molar-refractivity contribution in [1.29, 1.82) is 0 Å². The molecule has 0 bridgehead atoms. The Labute approximate surface area is 243 Å². The van der Waals surface area contributed by atoms with Crippen LogP contribution < -0.4 is 5.32 Å². The van der Waals surface area contributed by atoms with Gasteiger partial charge in [-0.05, 0) is 104 Å². The molecule has 0 aromatic rings. The van der Waals surface area contributed by atoms with Gasteiger partial charge in [-0.1, -0.05) is 33.6 Å². The third kappa shape index (κ3) is 7.08. The van der Waals surface area contributed by atoms with E-state index in [-0.39, 0.29) is 12.5 Å². The Morgan fingerprint density at radius 1 is 1.05 bits per heavy atom. The van der Waals surface area contributed by atoms with E-state index >= 15 is 0 Å². The highest BCUT2D eigenvalue weighted by Crippen LogP contribution is 2.68. The van der Waals surface area contributed by atoms with Gasteiger partial charge in [-0.25, -0.2) is 8.42 Å². The average Bonchev–Trinajstić information content (AvgIpc) is 3.20. The highest BCUT2D eigenvalue weighted by molar-refractivity contribution is 7.88. The number of quaternary nitrogens is 1. The van der Waals surface area contributed by atoms with Crippen molar-refractivity contribution in [3.63, 3.8) is 0 Å². The lowest BCUT2D eigenvalue weighted by atomic mass is 9.44. The number of hydrogen-bond acceptors (Lipinski definition) is 5. The Morgan fingerprint density at radius 3 is 2.50 bits per heavy atom. The molecule has 0 heterocycles. The standard InChI is InChI=1S/C32H56N2O5S/c1-23(10-15-30(36)33-19-8-20-34(4,5)21-25(35)22-40(37,38)39)27-13-14-28-26-12-11-24-9-6-7-17-31(24,2)29(26)16-18-32(27,28)3/h22-24,26-29H,6-21H2,1-5H3,(H2-,33,35,36,37,38,39)/t23-,24?,26?,27-,28?,29?,31+,32-/m1/s1. The SMILES string of the molecule is C[C@H](CCC(=O)NCCC[N+](C)(C)CC(O)=CS(=O)(=O)[O-])[C@H]1CCC2C3CCC4CCCC[C@]4(C)C3CC[C@@]21C. The fraction of sp³-hybridized carbons (Fsp3) is 0.906. The van der Waals surface area contributed by atoms with Crippen LogP contribution in [0.25, 0.3) is 0 Å². The molecule has 0 saturated heterocycles. The van der Waals surface area contributed by atoms with E-state index in [2.05, 4.69) is 26.1 Å². The van der Waals surface area contributed by atoms with E-state index in [9.17, 15) is 22.9 Å². The van der Waals surface area contributed by atoms with Gasteiger partial charge >= 0.3 is 0 Å². The lowest BCUT2D eigenvalue weighted by Gasteiger charge is -2.61. The fourth-order valence-corrected chi connectivity index (χ4v) is 10.8. The topological polar surface area (TPSA) is 107 Å².